The molecule has 0 amide bonds. The van der Waals surface area contributed by atoms with E-state index < -0.39 is 24.4 Å². The van der Waals surface area contributed by atoms with Gasteiger partial charge in [0.05, 0.1) is 0 Å². The molecule has 78 valence electrons. The SMILES string of the molecule is CCC(C)(OCC(F)(F)F)C(=O)O. The van der Waals surface area contributed by atoms with Gasteiger partial charge in [0.15, 0.2) is 5.60 Å². The van der Waals surface area contributed by atoms with Gasteiger partial charge in [-0.3, -0.25) is 0 Å². The third-order valence-corrected chi connectivity index (χ3v) is 1.68. The lowest BCUT2D eigenvalue weighted by Crippen LogP contribution is -2.40. The molecule has 0 bridgehead atoms. The highest BCUT2D eigenvalue weighted by molar-refractivity contribution is 5.76. The zero-order chi connectivity index (χ0) is 10.7. The van der Waals surface area contributed by atoms with Crippen LogP contribution in [0.15, 0.2) is 0 Å². The van der Waals surface area contributed by atoms with Crippen LogP contribution in [0.25, 0.3) is 0 Å². The molecule has 0 saturated heterocycles. The zero-order valence-corrected chi connectivity index (χ0v) is 7.31. The van der Waals surface area contributed by atoms with Crippen molar-refractivity contribution in [2.24, 2.45) is 0 Å². The predicted molar refractivity (Wildman–Crippen MR) is 38.3 cm³/mol. The van der Waals surface area contributed by atoms with Gasteiger partial charge >= 0.3 is 12.1 Å². The van der Waals surface area contributed by atoms with Crippen molar-refractivity contribution in [2.75, 3.05) is 6.61 Å². The minimum absolute atomic E-state index is 0.0155. The minimum atomic E-state index is -4.49. The number of hydrogen-bond acceptors (Lipinski definition) is 2. The van der Waals surface area contributed by atoms with Gasteiger partial charge in [0.2, 0.25) is 0 Å². The Morgan fingerprint density at radius 2 is 1.92 bits per heavy atom. The van der Waals surface area contributed by atoms with Gasteiger partial charge in [0, 0.05) is 0 Å². The summed E-state index contributed by atoms with van der Waals surface area (Å²) >= 11 is 0. The van der Waals surface area contributed by atoms with Crippen LogP contribution < -0.4 is 0 Å². The molecule has 0 aromatic rings. The summed E-state index contributed by atoms with van der Waals surface area (Å²) in [6.45, 7) is 1.02. The third kappa shape index (κ3) is 4.12. The largest absolute Gasteiger partial charge is 0.479 e. The standard InChI is InChI=1S/C7H11F3O3/c1-3-6(2,5(11)12)13-4-7(8,9)10/h3-4H2,1-2H3,(H,11,12). The molecule has 1 unspecified atom stereocenters. The van der Waals surface area contributed by atoms with Crippen molar-refractivity contribution >= 4 is 5.97 Å². The Morgan fingerprint density at radius 1 is 1.46 bits per heavy atom. The molecule has 0 aliphatic carbocycles. The number of alkyl halides is 3. The molecular weight excluding hydrogens is 189 g/mol. The van der Waals surface area contributed by atoms with Gasteiger partial charge in [-0.05, 0) is 13.3 Å². The van der Waals surface area contributed by atoms with Gasteiger partial charge in [-0.25, -0.2) is 4.79 Å². The van der Waals surface area contributed by atoms with E-state index in [2.05, 4.69) is 4.74 Å². The van der Waals surface area contributed by atoms with E-state index in [1.807, 2.05) is 0 Å². The maximum Gasteiger partial charge on any atom is 0.411 e. The molecule has 0 aromatic carbocycles. The number of rotatable bonds is 4. The molecule has 0 heterocycles. The van der Waals surface area contributed by atoms with Crippen molar-refractivity contribution in [2.45, 2.75) is 32.0 Å². The van der Waals surface area contributed by atoms with E-state index in [1.165, 1.54) is 6.92 Å². The number of carboxylic acid groups (broad SMARTS) is 1. The fourth-order valence-corrected chi connectivity index (χ4v) is 0.556. The van der Waals surface area contributed by atoms with Crippen molar-refractivity contribution in [1.29, 1.82) is 0 Å². The van der Waals surface area contributed by atoms with Gasteiger partial charge in [0.25, 0.3) is 0 Å². The summed E-state index contributed by atoms with van der Waals surface area (Å²) in [4.78, 5) is 10.5. The fraction of sp³-hybridized carbons (Fsp3) is 0.857. The second-order valence-corrected chi connectivity index (χ2v) is 2.79. The lowest BCUT2D eigenvalue weighted by Gasteiger charge is -2.24. The molecule has 1 atom stereocenters. The molecule has 0 aliphatic heterocycles. The van der Waals surface area contributed by atoms with E-state index in [0.29, 0.717) is 0 Å². The molecule has 0 spiro atoms. The summed E-state index contributed by atoms with van der Waals surface area (Å²) in [6.07, 6.45) is -4.51. The molecule has 0 radical (unpaired) electrons. The van der Waals surface area contributed by atoms with Crippen molar-refractivity contribution in [3.63, 3.8) is 0 Å². The summed E-state index contributed by atoms with van der Waals surface area (Å²) in [6, 6.07) is 0. The molecule has 6 heteroatoms. The van der Waals surface area contributed by atoms with E-state index in [4.69, 9.17) is 5.11 Å². The van der Waals surface area contributed by atoms with Crippen molar-refractivity contribution in [1.82, 2.24) is 0 Å². The van der Waals surface area contributed by atoms with Crippen molar-refractivity contribution < 1.29 is 27.8 Å². The number of aliphatic carboxylic acids is 1. The predicted octanol–water partition coefficient (Wildman–Crippen LogP) is 1.82. The molecule has 0 saturated carbocycles. The Hall–Kier alpha value is -0.780. The van der Waals surface area contributed by atoms with E-state index in [9.17, 15) is 18.0 Å². The summed E-state index contributed by atoms with van der Waals surface area (Å²) in [5.74, 6) is -1.39. The van der Waals surface area contributed by atoms with Gasteiger partial charge in [0.1, 0.15) is 6.61 Å². The average Bonchev–Trinajstić information content (AvgIpc) is 1.98. The minimum Gasteiger partial charge on any atom is -0.479 e. The summed E-state index contributed by atoms with van der Waals surface area (Å²) in [5.41, 5.74) is -1.75. The molecule has 13 heavy (non-hydrogen) atoms. The fourth-order valence-electron chi connectivity index (χ4n) is 0.556. The zero-order valence-electron chi connectivity index (χ0n) is 7.31. The Kier molecular flexibility index (Phi) is 3.71. The summed E-state index contributed by atoms with van der Waals surface area (Å²) < 4.78 is 39.3. The van der Waals surface area contributed by atoms with Crippen LogP contribution in [0, 0.1) is 0 Å². The van der Waals surface area contributed by atoms with Gasteiger partial charge in [-0.2, -0.15) is 13.2 Å². The average molecular weight is 200 g/mol. The van der Waals surface area contributed by atoms with Crippen LogP contribution in [0.5, 0.6) is 0 Å². The monoisotopic (exact) mass is 200 g/mol. The first-order chi connectivity index (χ1) is 5.71. The van der Waals surface area contributed by atoms with Crippen LogP contribution in [0.1, 0.15) is 20.3 Å². The molecule has 0 aliphatic rings. The number of carbonyl (C=O) groups is 1. The first kappa shape index (κ1) is 12.2. The number of halogens is 3. The summed E-state index contributed by atoms with van der Waals surface area (Å²) in [5, 5.41) is 8.54. The van der Waals surface area contributed by atoms with Crippen molar-refractivity contribution in [3.8, 4) is 0 Å². The first-order valence-electron chi connectivity index (χ1n) is 3.65. The van der Waals surface area contributed by atoms with Crippen LogP contribution in [-0.4, -0.2) is 29.5 Å². The Morgan fingerprint density at radius 3 is 2.15 bits per heavy atom. The lowest BCUT2D eigenvalue weighted by molar-refractivity contribution is -0.210. The highest BCUT2D eigenvalue weighted by Crippen LogP contribution is 2.21. The first-order valence-corrected chi connectivity index (χ1v) is 3.65. The molecule has 0 fully saturated rings. The second kappa shape index (κ2) is 3.95. The van der Waals surface area contributed by atoms with Crippen LogP contribution >= 0.6 is 0 Å². The molecule has 0 aromatic heterocycles. The van der Waals surface area contributed by atoms with Crippen LogP contribution in [-0.2, 0) is 9.53 Å². The Bertz CT molecular complexity index is 190. The topological polar surface area (TPSA) is 46.5 Å². The van der Waals surface area contributed by atoms with Crippen LogP contribution in [0.3, 0.4) is 0 Å². The number of hydrogen-bond donors (Lipinski definition) is 1. The van der Waals surface area contributed by atoms with Gasteiger partial charge in [-0.1, -0.05) is 6.92 Å². The maximum absolute atomic E-state index is 11.7. The third-order valence-electron chi connectivity index (χ3n) is 1.68. The Labute approximate surface area is 73.5 Å². The second-order valence-electron chi connectivity index (χ2n) is 2.79. The smallest absolute Gasteiger partial charge is 0.411 e. The van der Waals surface area contributed by atoms with Gasteiger partial charge in [-0.15, -0.1) is 0 Å². The highest BCUT2D eigenvalue weighted by atomic mass is 19.4. The maximum atomic E-state index is 11.7. The molecule has 0 rings (SSSR count). The van der Waals surface area contributed by atoms with E-state index >= 15 is 0 Å². The van der Waals surface area contributed by atoms with Crippen LogP contribution in [0.4, 0.5) is 13.2 Å². The van der Waals surface area contributed by atoms with E-state index in [1.54, 1.807) is 0 Å². The lowest BCUT2D eigenvalue weighted by atomic mass is 10.0. The number of carboxylic acids is 1. The quantitative estimate of drug-likeness (QED) is 0.752. The summed E-state index contributed by atoms with van der Waals surface area (Å²) in [7, 11) is 0. The molecule has 3 nitrogen and oxygen atoms in total. The molecule has 1 N–H and O–H groups in total. The van der Waals surface area contributed by atoms with E-state index in [-0.39, 0.29) is 6.42 Å². The van der Waals surface area contributed by atoms with Crippen molar-refractivity contribution in [3.05, 3.63) is 0 Å². The molecular formula is C7H11F3O3. The number of ether oxygens (including phenoxy) is 1. The highest BCUT2D eigenvalue weighted by Gasteiger charge is 2.37. The van der Waals surface area contributed by atoms with E-state index in [0.717, 1.165) is 6.92 Å². The normalized spacial score (nSPS) is 16.7. The van der Waals surface area contributed by atoms with Gasteiger partial charge < -0.3 is 9.84 Å². The van der Waals surface area contributed by atoms with Crippen LogP contribution in [0.2, 0.25) is 0 Å². The Balaban J connectivity index is 4.22.